The van der Waals surface area contributed by atoms with E-state index in [0.29, 0.717) is 47.8 Å². The molecule has 0 bridgehead atoms. The Kier molecular flexibility index (Phi) is 11.8. The number of piperidine rings is 1. The van der Waals surface area contributed by atoms with Crippen molar-refractivity contribution in [3.8, 4) is 17.2 Å². The number of rotatable bonds is 10. The molecule has 0 spiro atoms. The first-order valence-corrected chi connectivity index (χ1v) is 15.3. The number of hydrogen-bond donors (Lipinski definition) is 2. The molecule has 3 aromatic carbocycles. The SMILES string of the molecule is CC(C)(C)OC=O.COc1cc2ncnc(N(Cc3ccc(OC)c(OC)c3)c3ccc(F)c(Cl)c3)c2cc1NC1CCNCC1. The molecule has 2 N–H and O–H groups in total. The van der Waals surface area contributed by atoms with E-state index in [2.05, 4.69) is 20.4 Å². The average Bonchev–Trinajstić information content (AvgIpc) is 3.04. The van der Waals surface area contributed by atoms with Gasteiger partial charge in [-0.25, -0.2) is 14.4 Å². The highest BCUT2D eigenvalue weighted by molar-refractivity contribution is 6.31. The summed E-state index contributed by atoms with van der Waals surface area (Å²) in [6.07, 6.45) is 3.54. The van der Waals surface area contributed by atoms with Crippen LogP contribution >= 0.6 is 11.6 Å². The first-order chi connectivity index (χ1) is 22.1. The molecule has 10 nitrogen and oxygen atoms in total. The van der Waals surface area contributed by atoms with Crippen molar-refractivity contribution in [1.82, 2.24) is 15.3 Å². The van der Waals surface area contributed by atoms with Gasteiger partial charge in [0.25, 0.3) is 6.47 Å². The lowest BCUT2D eigenvalue weighted by Gasteiger charge is -2.27. The van der Waals surface area contributed by atoms with Gasteiger partial charge in [-0.15, -0.1) is 0 Å². The quantitative estimate of drug-likeness (QED) is 0.175. The fourth-order valence-corrected chi connectivity index (χ4v) is 5.18. The summed E-state index contributed by atoms with van der Waals surface area (Å²) >= 11 is 6.22. The summed E-state index contributed by atoms with van der Waals surface area (Å²) in [4.78, 5) is 20.8. The van der Waals surface area contributed by atoms with Crippen molar-refractivity contribution in [3.05, 3.63) is 71.3 Å². The zero-order valence-corrected chi connectivity index (χ0v) is 27.8. The number of aromatic nitrogens is 2. The van der Waals surface area contributed by atoms with Crippen LogP contribution in [0.2, 0.25) is 5.02 Å². The Labute approximate surface area is 274 Å². The molecule has 0 unspecified atom stereocenters. The highest BCUT2D eigenvalue weighted by atomic mass is 35.5. The molecule has 1 fully saturated rings. The van der Waals surface area contributed by atoms with Crippen molar-refractivity contribution in [3.63, 3.8) is 0 Å². The Morgan fingerprint density at radius 1 is 0.978 bits per heavy atom. The first kappa shape index (κ1) is 34.5. The van der Waals surface area contributed by atoms with Crippen LogP contribution < -0.4 is 29.7 Å². The highest BCUT2D eigenvalue weighted by Crippen LogP contribution is 2.38. The minimum Gasteiger partial charge on any atom is -0.495 e. The van der Waals surface area contributed by atoms with E-state index in [0.717, 1.165) is 48.1 Å². The van der Waals surface area contributed by atoms with E-state index in [1.165, 1.54) is 12.4 Å². The van der Waals surface area contributed by atoms with E-state index < -0.39 is 5.82 Å². The number of nitrogens with one attached hydrogen (secondary N) is 2. The van der Waals surface area contributed by atoms with E-state index in [9.17, 15) is 9.18 Å². The summed E-state index contributed by atoms with van der Waals surface area (Å²) in [7, 11) is 4.85. The number of carbonyl (C=O) groups is 1. The smallest absolute Gasteiger partial charge is 0.293 e. The molecule has 0 amide bonds. The van der Waals surface area contributed by atoms with E-state index in [4.69, 9.17) is 30.8 Å². The van der Waals surface area contributed by atoms with Crippen LogP contribution in [0.1, 0.15) is 39.2 Å². The van der Waals surface area contributed by atoms with Gasteiger partial charge in [0.1, 0.15) is 29.3 Å². The first-order valence-electron chi connectivity index (χ1n) is 14.9. The topological polar surface area (TPSA) is 107 Å². The van der Waals surface area contributed by atoms with Crippen LogP contribution in [0.15, 0.2) is 54.9 Å². The molecule has 1 aliphatic heterocycles. The number of fused-ring (bicyclic) bond motifs is 1. The minimum absolute atomic E-state index is 0.0260. The van der Waals surface area contributed by atoms with Gasteiger partial charge >= 0.3 is 0 Å². The van der Waals surface area contributed by atoms with E-state index in [-0.39, 0.29) is 10.6 Å². The minimum atomic E-state index is -0.489. The second-order valence-corrected chi connectivity index (χ2v) is 12.0. The number of nitrogens with zero attached hydrogens (tertiary/aromatic N) is 3. The van der Waals surface area contributed by atoms with Crippen LogP contribution in [0.25, 0.3) is 10.9 Å². The molecule has 2 heterocycles. The van der Waals surface area contributed by atoms with Crippen LogP contribution in [0.5, 0.6) is 17.2 Å². The Morgan fingerprint density at radius 2 is 1.70 bits per heavy atom. The average molecular weight is 654 g/mol. The molecule has 0 radical (unpaired) electrons. The fraction of sp³-hybridized carbons (Fsp3) is 0.382. The maximum atomic E-state index is 14.2. The van der Waals surface area contributed by atoms with Gasteiger partial charge in [0.05, 0.1) is 37.6 Å². The molecule has 1 aromatic heterocycles. The lowest BCUT2D eigenvalue weighted by molar-refractivity contribution is -0.138. The molecular weight excluding hydrogens is 613 g/mol. The molecule has 0 aliphatic carbocycles. The summed E-state index contributed by atoms with van der Waals surface area (Å²) in [5, 5.41) is 7.89. The molecule has 0 atom stereocenters. The zero-order valence-electron chi connectivity index (χ0n) is 27.0. The van der Waals surface area contributed by atoms with Gasteiger partial charge in [0.15, 0.2) is 11.5 Å². The number of ether oxygens (including phenoxy) is 4. The molecule has 4 aromatic rings. The largest absolute Gasteiger partial charge is 0.495 e. The Hall–Kier alpha value is -4.35. The lowest BCUT2D eigenvalue weighted by atomic mass is 10.1. The van der Waals surface area contributed by atoms with Gasteiger partial charge in [-0.05, 0) is 88.7 Å². The molecule has 46 heavy (non-hydrogen) atoms. The summed E-state index contributed by atoms with van der Waals surface area (Å²) in [5.41, 5.74) is 2.89. The van der Waals surface area contributed by atoms with Gasteiger partial charge < -0.3 is 34.5 Å². The number of benzene rings is 3. The van der Waals surface area contributed by atoms with Crippen molar-refractivity contribution in [2.45, 2.75) is 51.8 Å². The summed E-state index contributed by atoms with van der Waals surface area (Å²) in [5.74, 6) is 2.11. The maximum Gasteiger partial charge on any atom is 0.293 e. The Balaban J connectivity index is 0.000000617. The zero-order chi connectivity index (χ0) is 33.3. The molecule has 246 valence electrons. The second-order valence-electron chi connectivity index (χ2n) is 11.6. The van der Waals surface area contributed by atoms with Crippen LogP contribution in [0, 0.1) is 5.82 Å². The fourth-order valence-electron chi connectivity index (χ4n) is 5.00. The number of methoxy groups -OCH3 is 3. The predicted molar refractivity (Wildman–Crippen MR) is 179 cm³/mol. The normalized spacial score (nSPS) is 13.3. The van der Waals surface area contributed by atoms with Crippen LogP contribution in [-0.4, -0.2) is 62.5 Å². The third-order valence-corrected chi connectivity index (χ3v) is 7.58. The highest BCUT2D eigenvalue weighted by Gasteiger charge is 2.21. The summed E-state index contributed by atoms with van der Waals surface area (Å²) in [6, 6.07) is 14.6. The van der Waals surface area contributed by atoms with Crippen molar-refractivity contribution >= 4 is 46.2 Å². The van der Waals surface area contributed by atoms with Crippen LogP contribution in [0.4, 0.5) is 21.6 Å². The van der Waals surface area contributed by atoms with Crippen molar-refractivity contribution in [2.24, 2.45) is 0 Å². The lowest BCUT2D eigenvalue weighted by Crippen LogP contribution is -2.35. The maximum absolute atomic E-state index is 14.2. The van der Waals surface area contributed by atoms with E-state index in [1.807, 2.05) is 56.0 Å². The number of hydrogen-bond acceptors (Lipinski definition) is 10. The Bertz CT molecular complexity index is 1630. The van der Waals surface area contributed by atoms with E-state index >= 15 is 0 Å². The van der Waals surface area contributed by atoms with E-state index in [1.54, 1.807) is 33.5 Å². The van der Waals surface area contributed by atoms with Crippen molar-refractivity contribution in [1.29, 1.82) is 0 Å². The van der Waals surface area contributed by atoms with Crippen molar-refractivity contribution < 1.29 is 28.1 Å². The molecular formula is C34H41ClFN5O5. The number of anilines is 3. The van der Waals surface area contributed by atoms with Gasteiger partial charge in [0, 0.05) is 29.7 Å². The second kappa shape index (κ2) is 15.8. The summed E-state index contributed by atoms with van der Waals surface area (Å²) in [6.45, 7) is 8.25. The number of halogens is 2. The third-order valence-electron chi connectivity index (χ3n) is 7.30. The Morgan fingerprint density at radius 3 is 2.30 bits per heavy atom. The summed E-state index contributed by atoms with van der Waals surface area (Å²) < 4.78 is 35.3. The molecule has 5 rings (SSSR count). The monoisotopic (exact) mass is 653 g/mol. The van der Waals surface area contributed by atoms with Gasteiger partial charge in [-0.3, -0.25) is 4.79 Å². The van der Waals surface area contributed by atoms with Crippen LogP contribution in [-0.2, 0) is 16.1 Å². The van der Waals surface area contributed by atoms with Crippen molar-refractivity contribution in [2.75, 3.05) is 44.6 Å². The molecule has 12 heteroatoms. The van der Waals surface area contributed by atoms with Gasteiger partial charge in [-0.1, -0.05) is 17.7 Å². The standard InChI is InChI=1S/C29H31ClFN5O3.C5H10O2/c1-37-26-7-4-18(12-28(26)39-3)16-36(20-5-6-23(31)22(30)13-20)29-21-14-25(35-19-8-10-32-11-9-19)27(38-2)15-24(21)33-17-34-29;1-5(2,3)7-4-6/h4-7,12-15,17,19,32,35H,8-11,16H2,1-3H3;4H,1-3H3. The molecule has 1 aliphatic rings. The van der Waals surface area contributed by atoms with Gasteiger partial charge in [0.2, 0.25) is 0 Å². The number of carbonyl (C=O) groups excluding carboxylic acids is 1. The molecule has 0 saturated carbocycles. The third kappa shape index (κ3) is 8.88. The molecule has 1 saturated heterocycles. The predicted octanol–water partition coefficient (Wildman–Crippen LogP) is 6.91. The van der Waals surface area contributed by atoms with Crippen LogP contribution in [0.3, 0.4) is 0 Å². The van der Waals surface area contributed by atoms with Gasteiger partial charge in [-0.2, -0.15) is 0 Å².